The van der Waals surface area contributed by atoms with Gasteiger partial charge in [-0.1, -0.05) is 31.2 Å². The van der Waals surface area contributed by atoms with Crippen LogP contribution in [0, 0.1) is 5.92 Å². The zero-order valence-corrected chi connectivity index (χ0v) is 16.8. The standard InChI is InChI=1S/C24H26N4O/c1-18-10-12-27(13-11-18)15-21-16-29-24(26-21)20-8-6-19(7-9-20)14-28-17-25-22-4-2-3-5-23(22)28/h2-9,16-18H,10-15H2,1H3. The summed E-state index contributed by atoms with van der Waals surface area (Å²) in [6.45, 7) is 6.32. The van der Waals surface area contributed by atoms with E-state index in [1.165, 1.54) is 18.4 Å². The fourth-order valence-corrected chi connectivity index (χ4v) is 4.05. The molecular weight excluding hydrogens is 360 g/mol. The molecule has 1 aliphatic heterocycles. The number of benzene rings is 2. The summed E-state index contributed by atoms with van der Waals surface area (Å²) in [7, 11) is 0. The van der Waals surface area contributed by atoms with Crippen molar-refractivity contribution in [2.45, 2.75) is 32.9 Å². The zero-order valence-electron chi connectivity index (χ0n) is 16.8. The molecular formula is C24H26N4O. The lowest BCUT2D eigenvalue weighted by Gasteiger charge is -2.29. The number of oxazole rings is 1. The number of hydrogen-bond donors (Lipinski definition) is 0. The van der Waals surface area contributed by atoms with Crippen LogP contribution < -0.4 is 0 Å². The molecule has 4 aromatic rings. The molecule has 0 saturated carbocycles. The third kappa shape index (κ3) is 3.96. The van der Waals surface area contributed by atoms with Crippen molar-refractivity contribution >= 4 is 11.0 Å². The Labute approximate surface area is 171 Å². The molecule has 0 unspecified atom stereocenters. The molecule has 148 valence electrons. The van der Waals surface area contributed by atoms with Gasteiger partial charge in [-0.25, -0.2) is 9.97 Å². The van der Waals surface area contributed by atoms with Gasteiger partial charge in [-0.3, -0.25) is 4.90 Å². The normalized spacial score (nSPS) is 15.9. The Balaban J connectivity index is 1.26. The van der Waals surface area contributed by atoms with Crippen molar-refractivity contribution in [2.24, 2.45) is 5.92 Å². The van der Waals surface area contributed by atoms with E-state index >= 15 is 0 Å². The van der Waals surface area contributed by atoms with Crippen molar-refractivity contribution in [2.75, 3.05) is 13.1 Å². The van der Waals surface area contributed by atoms with Crippen molar-refractivity contribution in [3.8, 4) is 11.5 Å². The molecule has 0 aliphatic carbocycles. The number of rotatable bonds is 5. The third-order valence-electron chi connectivity index (χ3n) is 5.89. The first kappa shape index (κ1) is 18.1. The van der Waals surface area contributed by atoms with Gasteiger partial charge in [-0.2, -0.15) is 0 Å². The highest BCUT2D eigenvalue weighted by Crippen LogP contribution is 2.23. The van der Waals surface area contributed by atoms with Gasteiger partial charge in [0, 0.05) is 18.7 Å². The van der Waals surface area contributed by atoms with Gasteiger partial charge in [0.1, 0.15) is 6.26 Å². The Morgan fingerprint density at radius 2 is 1.79 bits per heavy atom. The molecule has 3 heterocycles. The van der Waals surface area contributed by atoms with E-state index in [-0.39, 0.29) is 0 Å². The first-order chi connectivity index (χ1) is 14.2. The summed E-state index contributed by atoms with van der Waals surface area (Å²) in [5.41, 5.74) is 5.44. The predicted molar refractivity (Wildman–Crippen MR) is 114 cm³/mol. The van der Waals surface area contributed by atoms with Crippen LogP contribution in [0.1, 0.15) is 31.0 Å². The molecule has 0 radical (unpaired) electrons. The van der Waals surface area contributed by atoms with E-state index in [2.05, 4.69) is 51.7 Å². The summed E-state index contributed by atoms with van der Waals surface area (Å²) < 4.78 is 7.94. The van der Waals surface area contributed by atoms with Crippen molar-refractivity contribution in [1.29, 1.82) is 0 Å². The first-order valence-corrected chi connectivity index (χ1v) is 10.4. The van der Waals surface area contributed by atoms with Gasteiger partial charge in [0.25, 0.3) is 0 Å². The Bertz CT molecular complexity index is 1090. The van der Waals surface area contributed by atoms with Gasteiger partial charge in [0.05, 0.1) is 23.1 Å². The minimum absolute atomic E-state index is 0.699. The van der Waals surface area contributed by atoms with Crippen LogP contribution in [0.2, 0.25) is 0 Å². The highest BCUT2D eigenvalue weighted by Gasteiger charge is 2.17. The highest BCUT2D eigenvalue weighted by molar-refractivity contribution is 5.75. The average molecular weight is 386 g/mol. The quantitative estimate of drug-likeness (QED) is 0.486. The molecule has 5 heteroatoms. The molecule has 1 saturated heterocycles. The number of fused-ring (bicyclic) bond motifs is 1. The number of nitrogens with zero attached hydrogens (tertiary/aromatic N) is 4. The molecule has 5 nitrogen and oxygen atoms in total. The van der Waals surface area contributed by atoms with E-state index in [4.69, 9.17) is 9.40 Å². The molecule has 5 rings (SSSR count). The monoisotopic (exact) mass is 386 g/mol. The smallest absolute Gasteiger partial charge is 0.226 e. The fraction of sp³-hybridized carbons (Fsp3) is 0.333. The number of hydrogen-bond acceptors (Lipinski definition) is 4. The summed E-state index contributed by atoms with van der Waals surface area (Å²) in [5, 5.41) is 0. The van der Waals surface area contributed by atoms with E-state index < -0.39 is 0 Å². The summed E-state index contributed by atoms with van der Waals surface area (Å²) in [5.74, 6) is 1.54. The average Bonchev–Trinajstić information content (AvgIpc) is 3.38. The van der Waals surface area contributed by atoms with Gasteiger partial charge in [-0.15, -0.1) is 0 Å². The minimum Gasteiger partial charge on any atom is -0.444 e. The first-order valence-electron chi connectivity index (χ1n) is 10.4. The van der Waals surface area contributed by atoms with Crippen LogP contribution in [0.3, 0.4) is 0 Å². The Morgan fingerprint density at radius 1 is 1.00 bits per heavy atom. The Morgan fingerprint density at radius 3 is 2.62 bits per heavy atom. The van der Waals surface area contributed by atoms with Crippen LogP contribution in [0.25, 0.3) is 22.5 Å². The second-order valence-electron chi connectivity index (χ2n) is 8.16. The van der Waals surface area contributed by atoms with Gasteiger partial charge < -0.3 is 8.98 Å². The van der Waals surface area contributed by atoms with Crippen LogP contribution in [-0.2, 0) is 13.1 Å². The lowest BCUT2D eigenvalue weighted by molar-refractivity contribution is 0.183. The molecule has 0 amide bonds. The largest absolute Gasteiger partial charge is 0.444 e. The molecule has 0 spiro atoms. The second kappa shape index (κ2) is 7.84. The van der Waals surface area contributed by atoms with Crippen molar-refractivity contribution in [3.05, 3.63) is 72.4 Å². The van der Waals surface area contributed by atoms with Crippen LogP contribution in [-0.4, -0.2) is 32.5 Å². The topological polar surface area (TPSA) is 47.1 Å². The van der Waals surface area contributed by atoms with E-state index in [9.17, 15) is 0 Å². The SMILES string of the molecule is CC1CCN(Cc2coc(-c3ccc(Cn4cnc5ccccc54)cc3)n2)CC1. The van der Waals surface area contributed by atoms with Crippen molar-refractivity contribution in [3.63, 3.8) is 0 Å². The molecule has 0 atom stereocenters. The van der Waals surface area contributed by atoms with Gasteiger partial charge in [0.2, 0.25) is 5.89 Å². The fourth-order valence-electron chi connectivity index (χ4n) is 4.05. The van der Waals surface area contributed by atoms with Crippen molar-refractivity contribution < 1.29 is 4.42 Å². The maximum absolute atomic E-state index is 5.76. The van der Waals surface area contributed by atoms with Crippen molar-refractivity contribution in [1.82, 2.24) is 19.4 Å². The molecule has 0 bridgehead atoms. The maximum atomic E-state index is 5.76. The van der Waals surface area contributed by atoms with Crippen LogP contribution in [0.5, 0.6) is 0 Å². The number of para-hydroxylation sites is 2. The second-order valence-corrected chi connectivity index (χ2v) is 8.16. The predicted octanol–water partition coefficient (Wildman–Crippen LogP) is 4.97. The van der Waals surface area contributed by atoms with Gasteiger partial charge in [-0.05, 0) is 61.7 Å². The number of aromatic nitrogens is 3. The summed E-state index contributed by atoms with van der Waals surface area (Å²) in [6.07, 6.45) is 6.26. The van der Waals surface area contributed by atoms with E-state index in [0.29, 0.717) is 5.89 Å². The molecule has 1 aliphatic rings. The third-order valence-corrected chi connectivity index (χ3v) is 5.89. The lowest BCUT2D eigenvalue weighted by Crippen LogP contribution is -2.32. The van der Waals surface area contributed by atoms with Gasteiger partial charge in [0.15, 0.2) is 0 Å². The summed E-state index contributed by atoms with van der Waals surface area (Å²) in [4.78, 5) is 11.7. The molecule has 1 fully saturated rings. The molecule has 0 N–H and O–H groups in total. The van der Waals surface area contributed by atoms with Crippen LogP contribution >= 0.6 is 0 Å². The molecule has 2 aromatic carbocycles. The van der Waals surface area contributed by atoms with E-state index in [0.717, 1.165) is 54.4 Å². The highest BCUT2D eigenvalue weighted by atomic mass is 16.3. The number of imidazole rings is 1. The Kier molecular flexibility index (Phi) is 4.90. The molecule has 29 heavy (non-hydrogen) atoms. The summed E-state index contributed by atoms with van der Waals surface area (Å²) in [6, 6.07) is 16.7. The zero-order chi connectivity index (χ0) is 19.6. The van der Waals surface area contributed by atoms with Gasteiger partial charge >= 0.3 is 0 Å². The van der Waals surface area contributed by atoms with E-state index in [1.807, 2.05) is 24.5 Å². The maximum Gasteiger partial charge on any atom is 0.226 e. The number of likely N-dealkylation sites (tertiary alicyclic amines) is 1. The van der Waals surface area contributed by atoms with Crippen LogP contribution in [0.4, 0.5) is 0 Å². The van der Waals surface area contributed by atoms with Crippen LogP contribution in [0.15, 0.2) is 65.5 Å². The number of piperidine rings is 1. The minimum atomic E-state index is 0.699. The Hall–Kier alpha value is -2.92. The van der Waals surface area contributed by atoms with E-state index in [1.54, 1.807) is 6.26 Å². The summed E-state index contributed by atoms with van der Waals surface area (Å²) >= 11 is 0. The lowest BCUT2D eigenvalue weighted by atomic mass is 9.99. The molecule has 2 aromatic heterocycles.